The normalized spacial score (nSPS) is 22.9. The summed E-state index contributed by atoms with van der Waals surface area (Å²) >= 11 is 0. The molecule has 0 amide bonds. The van der Waals surface area contributed by atoms with Gasteiger partial charge in [-0.25, -0.2) is 0 Å². The smallest absolute Gasteiger partial charge is 0.0854 e. The molecule has 2 heterocycles. The highest BCUT2D eigenvalue weighted by molar-refractivity contribution is 5.44. The Bertz CT molecular complexity index is 653. The van der Waals surface area contributed by atoms with E-state index in [1.54, 1.807) is 0 Å². The largest absolute Gasteiger partial charge is 0.303 e. The number of aryl methyl sites for hydroxylation is 1. The van der Waals surface area contributed by atoms with E-state index in [9.17, 15) is 0 Å². The van der Waals surface area contributed by atoms with E-state index in [-0.39, 0.29) is 5.41 Å². The maximum atomic E-state index is 4.46. The fourth-order valence-corrected chi connectivity index (χ4v) is 4.42. The highest BCUT2D eigenvalue weighted by atomic mass is 15.1. The molecule has 2 fully saturated rings. The number of rotatable bonds is 6. The molecule has 1 aromatic heterocycles. The minimum absolute atomic E-state index is 0.183. The molecule has 3 nitrogen and oxygen atoms in total. The van der Waals surface area contributed by atoms with Crippen molar-refractivity contribution in [3.8, 4) is 0 Å². The van der Waals surface area contributed by atoms with Crippen LogP contribution in [0.4, 0.5) is 0 Å². The molecule has 1 unspecified atom stereocenters. The van der Waals surface area contributed by atoms with Crippen LogP contribution >= 0.6 is 0 Å². The minimum Gasteiger partial charge on any atom is -0.303 e. The Hall–Kier alpha value is -1.22. The molecule has 0 N–H and O–H groups in total. The van der Waals surface area contributed by atoms with Gasteiger partial charge in [-0.2, -0.15) is 10.2 Å². The van der Waals surface area contributed by atoms with Crippen LogP contribution in [0.2, 0.25) is 0 Å². The molecule has 0 bridgehead atoms. The first kappa shape index (κ1) is 21.5. The van der Waals surface area contributed by atoms with E-state index in [1.807, 2.05) is 0 Å². The average molecular weight is 384 g/mol. The van der Waals surface area contributed by atoms with Crippen LogP contribution in [0.3, 0.4) is 0 Å². The van der Waals surface area contributed by atoms with Gasteiger partial charge in [-0.05, 0) is 98.5 Å². The van der Waals surface area contributed by atoms with Gasteiger partial charge < -0.3 is 4.90 Å². The summed E-state index contributed by atoms with van der Waals surface area (Å²) in [4.78, 5) is 2.70. The number of allylic oxidation sites excluding steroid dienone is 1. The summed E-state index contributed by atoms with van der Waals surface area (Å²) < 4.78 is 0. The van der Waals surface area contributed by atoms with E-state index in [2.05, 4.69) is 80.9 Å². The highest BCUT2D eigenvalue weighted by Gasteiger charge is 2.53. The van der Waals surface area contributed by atoms with Gasteiger partial charge in [0.05, 0.1) is 11.4 Å². The molecule has 1 atom stereocenters. The second-order valence-corrected chi connectivity index (χ2v) is 11.6. The predicted octanol–water partition coefficient (Wildman–Crippen LogP) is 6.01. The molecule has 0 radical (unpaired) electrons. The molecule has 2 aliphatic rings. The minimum atomic E-state index is 0.183. The second kappa shape index (κ2) is 8.26. The average Bonchev–Trinajstić information content (AvgIpc) is 3.29. The molecule has 1 aromatic rings. The maximum absolute atomic E-state index is 4.46. The third-order valence-electron chi connectivity index (χ3n) is 6.63. The van der Waals surface area contributed by atoms with Crippen molar-refractivity contribution in [3.05, 3.63) is 29.6 Å². The Morgan fingerprint density at radius 2 is 1.79 bits per heavy atom. The van der Waals surface area contributed by atoms with E-state index in [4.69, 9.17) is 0 Å². The van der Waals surface area contributed by atoms with Gasteiger partial charge in [-0.15, -0.1) is 0 Å². The van der Waals surface area contributed by atoms with Gasteiger partial charge in [0.15, 0.2) is 0 Å². The van der Waals surface area contributed by atoms with Gasteiger partial charge in [0.25, 0.3) is 0 Å². The summed E-state index contributed by atoms with van der Waals surface area (Å²) in [5.41, 5.74) is 3.42. The van der Waals surface area contributed by atoms with Crippen LogP contribution in [-0.2, 0) is 6.42 Å². The summed E-state index contributed by atoms with van der Waals surface area (Å²) in [5.74, 6) is 0.916. The molecule has 0 aromatic carbocycles. The Kier molecular flexibility index (Phi) is 6.34. The molecule has 3 rings (SSSR count). The van der Waals surface area contributed by atoms with Crippen LogP contribution in [0.15, 0.2) is 18.2 Å². The number of aromatic nitrogens is 2. The van der Waals surface area contributed by atoms with Gasteiger partial charge in [-0.1, -0.05) is 47.6 Å². The van der Waals surface area contributed by atoms with Crippen LogP contribution in [0.5, 0.6) is 0 Å². The molecule has 1 aliphatic heterocycles. The molecule has 1 saturated carbocycles. The van der Waals surface area contributed by atoms with Crippen LogP contribution in [-0.4, -0.2) is 34.7 Å². The summed E-state index contributed by atoms with van der Waals surface area (Å²) in [6, 6.07) is 4.28. The van der Waals surface area contributed by atoms with Crippen molar-refractivity contribution in [2.75, 3.05) is 19.6 Å². The second-order valence-electron chi connectivity index (χ2n) is 11.6. The number of hydrogen-bond acceptors (Lipinski definition) is 3. The lowest BCUT2D eigenvalue weighted by Gasteiger charge is -2.34. The predicted molar refractivity (Wildman–Crippen MR) is 119 cm³/mol. The quantitative estimate of drug-likeness (QED) is 0.602. The van der Waals surface area contributed by atoms with Gasteiger partial charge in [0.2, 0.25) is 0 Å². The van der Waals surface area contributed by atoms with Gasteiger partial charge in [-0.3, -0.25) is 0 Å². The van der Waals surface area contributed by atoms with Crippen molar-refractivity contribution in [3.63, 3.8) is 0 Å². The Morgan fingerprint density at radius 1 is 1.07 bits per heavy atom. The van der Waals surface area contributed by atoms with E-state index < -0.39 is 0 Å². The van der Waals surface area contributed by atoms with Crippen molar-refractivity contribution >= 4 is 6.08 Å². The van der Waals surface area contributed by atoms with Crippen LogP contribution in [0, 0.1) is 22.2 Å². The fraction of sp³-hybridized carbons (Fsp3) is 0.760. The van der Waals surface area contributed by atoms with E-state index in [0.717, 1.165) is 23.7 Å². The van der Waals surface area contributed by atoms with E-state index in [0.29, 0.717) is 10.8 Å². The molecule has 28 heavy (non-hydrogen) atoms. The van der Waals surface area contributed by atoms with Crippen molar-refractivity contribution in [1.82, 2.24) is 15.1 Å². The van der Waals surface area contributed by atoms with E-state index >= 15 is 0 Å². The molecule has 3 heteroatoms. The zero-order valence-electron chi connectivity index (χ0n) is 19.1. The standard InChI is InChI=1S/C25H41N3/c1-23(2,3)12-11-22-10-9-21(26-27-22)8-7-20-19-25(20)14-17-28(18-15-25)16-13-24(4,5)6/h9-12,20H,7-8,13-19H2,1-6H3/b12-11+. The van der Waals surface area contributed by atoms with Crippen LogP contribution in [0.1, 0.15) is 85.0 Å². The van der Waals surface area contributed by atoms with Crippen molar-refractivity contribution in [1.29, 1.82) is 0 Å². The first-order valence-corrected chi connectivity index (χ1v) is 11.3. The van der Waals surface area contributed by atoms with Gasteiger partial charge >= 0.3 is 0 Å². The Morgan fingerprint density at radius 3 is 2.36 bits per heavy atom. The first-order valence-electron chi connectivity index (χ1n) is 11.3. The molecule has 1 spiro atoms. The zero-order valence-corrected chi connectivity index (χ0v) is 19.1. The lowest BCUT2D eigenvalue weighted by Crippen LogP contribution is -2.37. The summed E-state index contributed by atoms with van der Waals surface area (Å²) in [7, 11) is 0. The summed E-state index contributed by atoms with van der Waals surface area (Å²) in [5, 5.41) is 8.85. The number of hydrogen-bond donors (Lipinski definition) is 0. The van der Waals surface area contributed by atoms with Crippen molar-refractivity contribution < 1.29 is 0 Å². The Labute approximate surface area is 173 Å². The third-order valence-corrected chi connectivity index (χ3v) is 6.63. The highest BCUT2D eigenvalue weighted by Crippen LogP contribution is 2.61. The Balaban J connectivity index is 1.40. The zero-order chi connectivity index (χ0) is 20.4. The first-order chi connectivity index (χ1) is 13.0. The third kappa shape index (κ3) is 6.40. The molecule has 156 valence electrons. The summed E-state index contributed by atoms with van der Waals surface area (Å²) in [6.45, 7) is 17.5. The lowest BCUT2D eigenvalue weighted by molar-refractivity contribution is 0.145. The molecular weight excluding hydrogens is 342 g/mol. The van der Waals surface area contributed by atoms with Crippen LogP contribution < -0.4 is 0 Å². The lowest BCUT2D eigenvalue weighted by atomic mass is 9.88. The summed E-state index contributed by atoms with van der Waals surface area (Å²) in [6.07, 6.45) is 12.2. The van der Waals surface area contributed by atoms with Crippen molar-refractivity contribution in [2.24, 2.45) is 22.2 Å². The maximum Gasteiger partial charge on any atom is 0.0854 e. The number of nitrogens with zero attached hydrogens (tertiary/aromatic N) is 3. The van der Waals surface area contributed by atoms with Crippen molar-refractivity contribution in [2.45, 2.75) is 80.1 Å². The number of likely N-dealkylation sites (tertiary alicyclic amines) is 1. The molecule has 1 aliphatic carbocycles. The SMILES string of the molecule is CC(C)(C)/C=C/c1ccc(CCC2CC23CCN(CCC(C)(C)C)CC3)nn1. The molecular formula is C25H41N3. The van der Waals surface area contributed by atoms with Crippen LogP contribution in [0.25, 0.3) is 6.08 Å². The fourth-order valence-electron chi connectivity index (χ4n) is 4.42. The topological polar surface area (TPSA) is 29.0 Å². The monoisotopic (exact) mass is 383 g/mol. The van der Waals surface area contributed by atoms with Gasteiger partial charge in [0.1, 0.15) is 0 Å². The van der Waals surface area contributed by atoms with Gasteiger partial charge in [0, 0.05) is 0 Å². The molecule has 1 saturated heterocycles. The van der Waals surface area contributed by atoms with E-state index in [1.165, 1.54) is 51.7 Å². The number of piperidine rings is 1.